The summed E-state index contributed by atoms with van der Waals surface area (Å²) >= 11 is 12.1. The Hall–Kier alpha value is -3.68. The molecule has 6 nitrogen and oxygen atoms in total. The average molecular weight is 545 g/mol. The standard InChI is InChI=1S/C30H29ClN4O2S/c1-18-10-11-19(2)24(17-18)33-27(36)14-16-35-29(28(34-30(35)38)23-9-4-5-15-32-23)26-13-12-25(37-26)21-7-6-8-22(31)20(21)3/h4-13,15,17,28-29H,14,16H2,1-3H3,(H,33,36)(H,34,38). The van der Waals surface area contributed by atoms with E-state index in [1.54, 1.807) is 6.20 Å². The molecule has 4 aromatic rings. The summed E-state index contributed by atoms with van der Waals surface area (Å²) < 4.78 is 6.42. The van der Waals surface area contributed by atoms with Crippen molar-refractivity contribution in [1.82, 2.24) is 15.2 Å². The van der Waals surface area contributed by atoms with Crippen LogP contribution in [0.4, 0.5) is 5.69 Å². The number of benzene rings is 2. The van der Waals surface area contributed by atoms with Crippen LogP contribution in [0.5, 0.6) is 0 Å². The van der Waals surface area contributed by atoms with Gasteiger partial charge in [0.2, 0.25) is 5.91 Å². The zero-order valence-corrected chi connectivity index (χ0v) is 23.1. The van der Waals surface area contributed by atoms with Gasteiger partial charge in [-0.1, -0.05) is 41.9 Å². The molecule has 0 radical (unpaired) electrons. The van der Waals surface area contributed by atoms with Crippen molar-refractivity contribution < 1.29 is 9.21 Å². The van der Waals surface area contributed by atoms with E-state index in [-0.39, 0.29) is 24.4 Å². The molecule has 0 bridgehead atoms. The Balaban J connectivity index is 1.42. The molecule has 2 aromatic carbocycles. The average Bonchev–Trinajstić information content (AvgIpc) is 3.51. The number of amides is 1. The van der Waals surface area contributed by atoms with Gasteiger partial charge in [-0.2, -0.15) is 0 Å². The maximum Gasteiger partial charge on any atom is 0.226 e. The molecule has 0 spiro atoms. The molecule has 1 fully saturated rings. The minimum absolute atomic E-state index is 0.0729. The van der Waals surface area contributed by atoms with Crippen LogP contribution in [0.1, 0.15) is 46.6 Å². The lowest BCUT2D eigenvalue weighted by atomic mass is 10.0. The fourth-order valence-corrected chi connectivity index (χ4v) is 5.30. The summed E-state index contributed by atoms with van der Waals surface area (Å²) in [5, 5.41) is 7.70. The van der Waals surface area contributed by atoms with Crippen molar-refractivity contribution in [2.24, 2.45) is 0 Å². The summed E-state index contributed by atoms with van der Waals surface area (Å²) in [6.07, 6.45) is 2.03. The van der Waals surface area contributed by atoms with E-state index in [1.165, 1.54) is 0 Å². The van der Waals surface area contributed by atoms with Crippen LogP contribution in [-0.4, -0.2) is 27.4 Å². The smallest absolute Gasteiger partial charge is 0.226 e. The monoisotopic (exact) mass is 544 g/mol. The van der Waals surface area contributed by atoms with Crippen molar-refractivity contribution in [3.63, 3.8) is 0 Å². The summed E-state index contributed by atoms with van der Waals surface area (Å²) in [5.74, 6) is 1.39. The van der Waals surface area contributed by atoms with Crippen molar-refractivity contribution in [3.8, 4) is 11.3 Å². The van der Waals surface area contributed by atoms with Crippen LogP contribution >= 0.6 is 23.8 Å². The number of nitrogens with zero attached hydrogens (tertiary/aromatic N) is 2. The third-order valence-electron chi connectivity index (χ3n) is 6.90. The number of halogens is 1. The fraction of sp³-hybridized carbons (Fsp3) is 0.233. The quantitative estimate of drug-likeness (QED) is 0.246. The Labute approximate surface area is 233 Å². The van der Waals surface area contributed by atoms with Crippen molar-refractivity contribution >= 4 is 40.5 Å². The number of anilines is 1. The lowest BCUT2D eigenvalue weighted by Gasteiger charge is -2.26. The summed E-state index contributed by atoms with van der Waals surface area (Å²) in [6.45, 7) is 6.39. The molecule has 0 aliphatic carbocycles. The van der Waals surface area contributed by atoms with Crippen LogP contribution in [0.3, 0.4) is 0 Å². The molecule has 0 saturated carbocycles. The van der Waals surface area contributed by atoms with Gasteiger partial charge in [-0.05, 0) is 86.1 Å². The van der Waals surface area contributed by atoms with E-state index in [4.69, 9.17) is 28.2 Å². The zero-order chi connectivity index (χ0) is 26.8. The number of furan rings is 1. The van der Waals surface area contributed by atoms with Gasteiger partial charge in [0.1, 0.15) is 17.6 Å². The predicted molar refractivity (Wildman–Crippen MR) is 155 cm³/mol. The normalized spacial score (nSPS) is 16.9. The number of hydrogen-bond acceptors (Lipinski definition) is 4. The van der Waals surface area contributed by atoms with Gasteiger partial charge in [-0.15, -0.1) is 0 Å². The molecular weight excluding hydrogens is 516 g/mol. The molecule has 1 aliphatic heterocycles. The van der Waals surface area contributed by atoms with Crippen molar-refractivity contribution in [2.45, 2.75) is 39.3 Å². The maximum absolute atomic E-state index is 12.9. The van der Waals surface area contributed by atoms with E-state index in [2.05, 4.69) is 15.6 Å². The first kappa shape index (κ1) is 25.9. The van der Waals surface area contributed by atoms with Gasteiger partial charge in [0.15, 0.2) is 5.11 Å². The highest BCUT2D eigenvalue weighted by Crippen LogP contribution is 2.41. The molecular formula is C30H29ClN4O2S. The van der Waals surface area contributed by atoms with Crippen LogP contribution in [0.25, 0.3) is 11.3 Å². The molecule has 1 saturated heterocycles. The molecule has 1 amide bonds. The third-order valence-corrected chi connectivity index (χ3v) is 7.66. The molecule has 2 N–H and O–H groups in total. The van der Waals surface area contributed by atoms with Gasteiger partial charge < -0.3 is 20.0 Å². The second-order valence-corrected chi connectivity index (χ2v) is 10.3. The molecule has 8 heteroatoms. The van der Waals surface area contributed by atoms with E-state index in [0.717, 1.165) is 45.2 Å². The zero-order valence-electron chi connectivity index (χ0n) is 21.5. The Morgan fingerprint density at radius 2 is 1.95 bits per heavy atom. The maximum atomic E-state index is 12.9. The number of aryl methyl sites for hydroxylation is 2. The topological polar surface area (TPSA) is 70.4 Å². The lowest BCUT2D eigenvalue weighted by molar-refractivity contribution is -0.116. The van der Waals surface area contributed by atoms with Crippen molar-refractivity contribution in [1.29, 1.82) is 0 Å². The SMILES string of the molecule is Cc1ccc(C)c(NC(=O)CCN2C(=S)NC(c3ccccn3)C2c2ccc(-c3cccc(Cl)c3C)o2)c1. The van der Waals surface area contributed by atoms with Crippen molar-refractivity contribution in [3.05, 3.63) is 106 Å². The number of carbonyl (C=O) groups is 1. The molecule has 2 unspecified atom stereocenters. The Bertz CT molecular complexity index is 1490. The number of nitrogens with one attached hydrogen (secondary N) is 2. The van der Waals surface area contributed by atoms with E-state index in [0.29, 0.717) is 16.7 Å². The second kappa shape index (κ2) is 11.0. The molecule has 2 aromatic heterocycles. The number of aromatic nitrogens is 1. The third kappa shape index (κ3) is 5.30. The van der Waals surface area contributed by atoms with E-state index < -0.39 is 0 Å². The van der Waals surface area contributed by atoms with Gasteiger partial charge in [0, 0.05) is 35.4 Å². The van der Waals surface area contributed by atoms with Crippen LogP contribution < -0.4 is 10.6 Å². The lowest BCUT2D eigenvalue weighted by Crippen LogP contribution is -2.32. The van der Waals surface area contributed by atoms with Gasteiger partial charge >= 0.3 is 0 Å². The van der Waals surface area contributed by atoms with Gasteiger partial charge in [-0.25, -0.2) is 0 Å². The first-order valence-electron chi connectivity index (χ1n) is 12.5. The highest BCUT2D eigenvalue weighted by molar-refractivity contribution is 7.80. The number of thiocarbonyl (C=S) groups is 1. The molecule has 194 valence electrons. The van der Waals surface area contributed by atoms with Gasteiger partial charge in [0.25, 0.3) is 0 Å². The molecule has 3 heterocycles. The number of hydrogen-bond donors (Lipinski definition) is 2. The summed E-state index contributed by atoms with van der Waals surface area (Å²) in [5.41, 5.74) is 5.68. The van der Waals surface area contributed by atoms with Crippen LogP contribution in [0, 0.1) is 20.8 Å². The number of carbonyl (C=O) groups excluding carboxylic acids is 1. The minimum Gasteiger partial charge on any atom is -0.459 e. The largest absolute Gasteiger partial charge is 0.459 e. The predicted octanol–water partition coefficient (Wildman–Crippen LogP) is 6.92. The first-order valence-corrected chi connectivity index (χ1v) is 13.3. The van der Waals surface area contributed by atoms with Gasteiger partial charge in [0.05, 0.1) is 11.7 Å². The highest BCUT2D eigenvalue weighted by atomic mass is 35.5. The summed E-state index contributed by atoms with van der Waals surface area (Å²) in [4.78, 5) is 19.5. The highest BCUT2D eigenvalue weighted by Gasteiger charge is 2.41. The summed E-state index contributed by atoms with van der Waals surface area (Å²) in [6, 6.07) is 21.0. The van der Waals surface area contributed by atoms with Crippen LogP contribution in [0.2, 0.25) is 5.02 Å². The molecule has 38 heavy (non-hydrogen) atoms. The number of pyridine rings is 1. The van der Waals surface area contributed by atoms with Crippen molar-refractivity contribution in [2.75, 3.05) is 11.9 Å². The molecule has 5 rings (SSSR count). The second-order valence-electron chi connectivity index (χ2n) is 9.55. The van der Waals surface area contributed by atoms with Crippen LogP contribution in [0.15, 0.2) is 77.3 Å². The fourth-order valence-electron chi connectivity index (χ4n) is 4.79. The van der Waals surface area contributed by atoms with Crippen LogP contribution in [-0.2, 0) is 4.79 Å². The summed E-state index contributed by atoms with van der Waals surface area (Å²) in [7, 11) is 0. The van der Waals surface area contributed by atoms with Gasteiger partial charge in [-0.3, -0.25) is 9.78 Å². The van der Waals surface area contributed by atoms with E-state index >= 15 is 0 Å². The Kier molecular flexibility index (Phi) is 7.49. The number of rotatable bonds is 7. The Morgan fingerprint density at radius 1 is 1.11 bits per heavy atom. The molecule has 2 atom stereocenters. The Morgan fingerprint density at radius 3 is 2.74 bits per heavy atom. The van der Waals surface area contributed by atoms with E-state index in [9.17, 15) is 4.79 Å². The minimum atomic E-state index is -0.279. The first-order chi connectivity index (χ1) is 18.3. The van der Waals surface area contributed by atoms with E-state index in [1.807, 2.05) is 92.4 Å². The molecule has 1 aliphatic rings.